The van der Waals surface area contributed by atoms with Crippen LogP contribution in [0.5, 0.6) is 0 Å². The van der Waals surface area contributed by atoms with Gasteiger partial charge in [0, 0.05) is 18.2 Å². The molecule has 0 saturated heterocycles. The quantitative estimate of drug-likeness (QED) is 0.614. The molecule has 106 valence electrons. The largest absolute Gasteiger partial charge is 0.269 e. The molecule has 0 aliphatic heterocycles. The van der Waals surface area contributed by atoms with Gasteiger partial charge in [0.2, 0.25) is 10.0 Å². The van der Waals surface area contributed by atoms with Crippen LogP contribution in [0, 0.1) is 10.1 Å². The van der Waals surface area contributed by atoms with Crippen LogP contribution >= 0.6 is 0 Å². The summed E-state index contributed by atoms with van der Waals surface area (Å²) in [6.45, 7) is 3.78. The number of benzene rings is 1. The number of hydrogen-bond donors (Lipinski definition) is 1. The van der Waals surface area contributed by atoms with Gasteiger partial charge in [-0.15, -0.1) is 0 Å². The third-order valence-electron chi connectivity index (χ3n) is 2.58. The Morgan fingerprint density at radius 2 is 2.11 bits per heavy atom. The third kappa shape index (κ3) is 5.35. The summed E-state index contributed by atoms with van der Waals surface area (Å²) in [5, 5.41) is 10.6. The SMILES string of the molecule is CCC[C@@H](C)NS(=O)(=O)Cc1cccc([N+](=O)[O-])c1. The van der Waals surface area contributed by atoms with Crippen molar-refractivity contribution < 1.29 is 13.3 Å². The lowest BCUT2D eigenvalue weighted by molar-refractivity contribution is -0.384. The lowest BCUT2D eigenvalue weighted by atomic mass is 10.2. The van der Waals surface area contributed by atoms with Gasteiger partial charge in [0.25, 0.3) is 5.69 Å². The maximum absolute atomic E-state index is 11.9. The Kier molecular flexibility index (Phi) is 5.44. The summed E-state index contributed by atoms with van der Waals surface area (Å²) >= 11 is 0. The minimum Gasteiger partial charge on any atom is -0.258 e. The number of nitro benzene ring substituents is 1. The zero-order valence-corrected chi connectivity index (χ0v) is 11.8. The summed E-state index contributed by atoms with van der Waals surface area (Å²) < 4.78 is 26.3. The Hall–Kier alpha value is -1.47. The highest BCUT2D eigenvalue weighted by Crippen LogP contribution is 2.15. The monoisotopic (exact) mass is 286 g/mol. The fourth-order valence-corrected chi connectivity index (χ4v) is 3.25. The van der Waals surface area contributed by atoms with Crippen molar-refractivity contribution in [3.05, 3.63) is 39.9 Å². The van der Waals surface area contributed by atoms with E-state index in [2.05, 4.69) is 4.72 Å². The summed E-state index contributed by atoms with van der Waals surface area (Å²) in [6, 6.07) is 5.54. The van der Waals surface area contributed by atoms with Gasteiger partial charge in [-0.05, 0) is 18.9 Å². The highest BCUT2D eigenvalue weighted by molar-refractivity contribution is 7.88. The van der Waals surface area contributed by atoms with Gasteiger partial charge >= 0.3 is 0 Å². The molecule has 0 aromatic heterocycles. The Balaban J connectivity index is 2.78. The first kappa shape index (κ1) is 15.6. The predicted octanol–water partition coefficient (Wildman–Crippen LogP) is 2.20. The average molecular weight is 286 g/mol. The van der Waals surface area contributed by atoms with E-state index in [1.807, 2.05) is 6.92 Å². The van der Waals surface area contributed by atoms with Crippen LogP contribution in [0.1, 0.15) is 32.3 Å². The summed E-state index contributed by atoms with van der Waals surface area (Å²) in [5.74, 6) is -0.247. The summed E-state index contributed by atoms with van der Waals surface area (Å²) in [4.78, 5) is 10.1. The molecule has 0 aliphatic carbocycles. The molecule has 19 heavy (non-hydrogen) atoms. The van der Waals surface area contributed by atoms with E-state index >= 15 is 0 Å². The highest BCUT2D eigenvalue weighted by Gasteiger charge is 2.16. The molecule has 0 radical (unpaired) electrons. The molecule has 6 nitrogen and oxygen atoms in total. The van der Waals surface area contributed by atoms with E-state index in [0.717, 1.165) is 12.8 Å². The lowest BCUT2D eigenvalue weighted by Crippen LogP contribution is -2.33. The second-order valence-corrected chi connectivity index (χ2v) is 6.25. The first-order valence-corrected chi connectivity index (χ1v) is 7.72. The third-order valence-corrected chi connectivity index (χ3v) is 4.06. The van der Waals surface area contributed by atoms with E-state index in [-0.39, 0.29) is 17.5 Å². The maximum atomic E-state index is 11.9. The van der Waals surface area contributed by atoms with Crippen molar-refractivity contribution in [2.75, 3.05) is 0 Å². The average Bonchev–Trinajstić information content (AvgIpc) is 2.27. The van der Waals surface area contributed by atoms with Crippen molar-refractivity contribution >= 4 is 15.7 Å². The van der Waals surface area contributed by atoms with Gasteiger partial charge in [-0.1, -0.05) is 25.5 Å². The van der Waals surface area contributed by atoms with Crippen LogP contribution in [-0.2, 0) is 15.8 Å². The molecule has 0 bridgehead atoms. The van der Waals surface area contributed by atoms with Gasteiger partial charge in [0.1, 0.15) is 0 Å². The minimum atomic E-state index is -3.47. The second kappa shape index (κ2) is 6.63. The molecule has 7 heteroatoms. The van der Waals surface area contributed by atoms with Crippen molar-refractivity contribution in [2.45, 2.75) is 38.5 Å². The van der Waals surface area contributed by atoms with Crippen LogP contribution in [0.25, 0.3) is 0 Å². The zero-order chi connectivity index (χ0) is 14.5. The number of non-ortho nitro benzene ring substituents is 1. The van der Waals surface area contributed by atoms with Gasteiger partial charge in [-0.25, -0.2) is 13.1 Å². The van der Waals surface area contributed by atoms with Gasteiger partial charge in [0.15, 0.2) is 0 Å². The molecule has 1 rings (SSSR count). The molecule has 1 atom stereocenters. The second-order valence-electron chi connectivity index (χ2n) is 4.49. The number of nitrogens with zero attached hydrogens (tertiary/aromatic N) is 1. The van der Waals surface area contributed by atoms with Crippen molar-refractivity contribution in [1.82, 2.24) is 4.72 Å². The van der Waals surface area contributed by atoms with Gasteiger partial charge in [-0.2, -0.15) is 0 Å². The predicted molar refractivity (Wildman–Crippen MR) is 73.2 cm³/mol. The topological polar surface area (TPSA) is 89.3 Å². The van der Waals surface area contributed by atoms with E-state index < -0.39 is 14.9 Å². The van der Waals surface area contributed by atoms with Gasteiger partial charge in [-0.3, -0.25) is 10.1 Å². The number of hydrogen-bond acceptors (Lipinski definition) is 4. The van der Waals surface area contributed by atoms with E-state index in [0.29, 0.717) is 5.56 Å². The molecule has 1 aromatic carbocycles. The van der Waals surface area contributed by atoms with Crippen LogP contribution in [0.2, 0.25) is 0 Å². The lowest BCUT2D eigenvalue weighted by Gasteiger charge is -2.13. The van der Waals surface area contributed by atoms with Crippen LogP contribution in [0.15, 0.2) is 24.3 Å². The molecular weight excluding hydrogens is 268 g/mol. The maximum Gasteiger partial charge on any atom is 0.269 e. The molecule has 0 saturated carbocycles. The van der Waals surface area contributed by atoms with Crippen molar-refractivity contribution in [1.29, 1.82) is 0 Å². The molecule has 0 amide bonds. The molecule has 0 spiro atoms. The standard InChI is InChI=1S/C12H18N2O4S/c1-3-5-10(2)13-19(17,18)9-11-6-4-7-12(8-11)14(15)16/h4,6-8,10,13H,3,5,9H2,1-2H3/t10-/m1/s1. The number of nitro groups is 1. The van der Waals surface area contributed by atoms with E-state index in [4.69, 9.17) is 0 Å². The molecular formula is C12H18N2O4S. The molecule has 1 N–H and O–H groups in total. The molecule has 0 unspecified atom stereocenters. The fourth-order valence-electron chi connectivity index (χ4n) is 1.82. The first-order chi connectivity index (χ1) is 8.84. The van der Waals surface area contributed by atoms with Crippen LogP contribution in [-0.4, -0.2) is 19.4 Å². The van der Waals surface area contributed by atoms with Crippen molar-refractivity contribution in [3.63, 3.8) is 0 Å². The summed E-state index contributed by atoms with van der Waals surface area (Å²) in [7, 11) is -3.47. The number of rotatable bonds is 7. The molecule has 0 fully saturated rings. The molecule has 0 aliphatic rings. The normalized spacial score (nSPS) is 13.2. The van der Waals surface area contributed by atoms with Gasteiger partial charge < -0.3 is 0 Å². The molecule has 1 aromatic rings. The van der Waals surface area contributed by atoms with Gasteiger partial charge in [0.05, 0.1) is 10.7 Å². The summed E-state index contributed by atoms with van der Waals surface area (Å²) in [6.07, 6.45) is 1.65. The molecule has 0 heterocycles. The van der Waals surface area contributed by atoms with E-state index in [1.54, 1.807) is 13.0 Å². The van der Waals surface area contributed by atoms with E-state index in [9.17, 15) is 18.5 Å². The Morgan fingerprint density at radius 1 is 1.42 bits per heavy atom. The van der Waals surface area contributed by atoms with Crippen LogP contribution in [0.3, 0.4) is 0 Å². The minimum absolute atomic E-state index is 0.102. The number of sulfonamides is 1. The smallest absolute Gasteiger partial charge is 0.258 e. The van der Waals surface area contributed by atoms with Crippen LogP contribution in [0.4, 0.5) is 5.69 Å². The fraction of sp³-hybridized carbons (Fsp3) is 0.500. The van der Waals surface area contributed by atoms with Crippen LogP contribution < -0.4 is 4.72 Å². The Labute approximate surface area is 113 Å². The summed E-state index contributed by atoms with van der Waals surface area (Å²) in [5.41, 5.74) is 0.305. The Bertz CT molecular complexity index is 542. The number of nitrogens with one attached hydrogen (secondary N) is 1. The zero-order valence-electron chi connectivity index (χ0n) is 11.0. The van der Waals surface area contributed by atoms with Crippen molar-refractivity contribution in [2.24, 2.45) is 0 Å². The highest BCUT2D eigenvalue weighted by atomic mass is 32.2. The van der Waals surface area contributed by atoms with E-state index in [1.165, 1.54) is 18.2 Å². The Morgan fingerprint density at radius 3 is 2.68 bits per heavy atom. The first-order valence-electron chi connectivity index (χ1n) is 6.07. The van der Waals surface area contributed by atoms with Crippen molar-refractivity contribution in [3.8, 4) is 0 Å².